The van der Waals surface area contributed by atoms with E-state index in [0.717, 1.165) is 16.5 Å². The molecule has 1 N–H and O–H groups in total. The van der Waals surface area contributed by atoms with Crippen LogP contribution in [0.1, 0.15) is 5.56 Å². The van der Waals surface area contributed by atoms with Gasteiger partial charge in [0, 0.05) is 5.69 Å². The van der Waals surface area contributed by atoms with Crippen LogP contribution in [0.5, 0.6) is 0 Å². The summed E-state index contributed by atoms with van der Waals surface area (Å²) in [5.74, 6) is 0.506. The van der Waals surface area contributed by atoms with Crippen LogP contribution in [-0.2, 0) is 4.79 Å². The van der Waals surface area contributed by atoms with Crippen molar-refractivity contribution in [1.82, 2.24) is 0 Å². The van der Waals surface area contributed by atoms with Crippen LogP contribution in [-0.4, -0.2) is 23.5 Å². The van der Waals surface area contributed by atoms with E-state index < -0.39 is 0 Å². The molecule has 1 aliphatic rings. The third kappa shape index (κ3) is 3.44. The number of fused-ring (bicyclic) bond motifs is 1. The van der Waals surface area contributed by atoms with E-state index >= 15 is 0 Å². The molecule has 5 heteroatoms. The molecule has 0 aliphatic carbocycles. The highest BCUT2D eigenvalue weighted by molar-refractivity contribution is 8.15. The van der Waals surface area contributed by atoms with Crippen LogP contribution in [0.4, 0.5) is 11.4 Å². The Morgan fingerprint density at radius 1 is 1.04 bits per heavy atom. The normalized spacial score (nSPS) is 15.8. The van der Waals surface area contributed by atoms with Crippen LogP contribution in [0.3, 0.4) is 0 Å². The minimum atomic E-state index is 0.0725. The van der Waals surface area contributed by atoms with Crippen LogP contribution in [0.15, 0.2) is 71.7 Å². The minimum absolute atomic E-state index is 0.0725. The maximum absolute atomic E-state index is 12.3. The van der Waals surface area contributed by atoms with Gasteiger partial charge in [-0.2, -0.15) is 0 Å². The molecule has 0 atom stereocenters. The summed E-state index contributed by atoms with van der Waals surface area (Å²) in [4.78, 5) is 18.6. The van der Waals surface area contributed by atoms with Crippen LogP contribution in [0.2, 0.25) is 0 Å². The Morgan fingerprint density at radius 3 is 2.62 bits per heavy atom. The van der Waals surface area contributed by atoms with Crippen molar-refractivity contribution in [3.63, 3.8) is 0 Å². The highest BCUT2D eigenvalue weighted by atomic mass is 32.2. The number of hydrogen-bond acceptors (Lipinski definition) is 4. The molecule has 0 saturated carbocycles. The first-order chi connectivity index (χ1) is 12.7. The molecule has 1 heterocycles. The second-order valence-corrected chi connectivity index (χ2v) is 7.13. The summed E-state index contributed by atoms with van der Waals surface area (Å²) < 4.78 is 0. The van der Waals surface area contributed by atoms with Crippen LogP contribution in [0, 0.1) is 6.92 Å². The SMILES string of the molecule is Cc1ccc(N2C(=O)CS/C2=N\CNc2ccc3ccccc3c2)cc1. The maximum atomic E-state index is 12.3. The molecular weight excluding hydrogens is 342 g/mol. The van der Waals surface area contributed by atoms with Crippen molar-refractivity contribution in [2.24, 2.45) is 4.99 Å². The number of benzene rings is 3. The fourth-order valence-electron chi connectivity index (χ4n) is 2.92. The van der Waals surface area contributed by atoms with E-state index in [1.165, 1.54) is 28.1 Å². The highest BCUT2D eigenvalue weighted by Crippen LogP contribution is 2.27. The Labute approximate surface area is 156 Å². The van der Waals surface area contributed by atoms with E-state index in [1.54, 1.807) is 4.90 Å². The van der Waals surface area contributed by atoms with Gasteiger partial charge >= 0.3 is 0 Å². The van der Waals surface area contributed by atoms with Gasteiger partial charge in [-0.15, -0.1) is 0 Å². The molecule has 0 bridgehead atoms. The fourth-order valence-corrected chi connectivity index (χ4v) is 3.80. The molecule has 1 aliphatic heterocycles. The van der Waals surface area contributed by atoms with Crippen molar-refractivity contribution < 1.29 is 4.79 Å². The zero-order valence-electron chi connectivity index (χ0n) is 14.5. The molecule has 3 aromatic rings. The van der Waals surface area contributed by atoms with E-state index in [9.17, 15) is 4.79 Å². The average Bonchev–Trinajstić information content (AvgIpc) is 3.03. The third-order valence-corrected chi connectivity index (χ3v) is 5.27. The van der Waals surface area contributed by atoms with Crippen molar-refractivity contribution in [3.8, 4) is 0 Å². The van der Waals surface area contributed by atoms with Gasteiger partial charge in [-0.1, -0.05) is 59.8 Å². The van der Waals surface area contributed by atoms with Gasteiger partial charge in [0.1, 0.15) is 6.67 Å². The van der Waals surface area contributed by atoms with Gasteiger partial charge in [-0.25, -0.2) is 4.99 Å². The van der Waals surface area contributed by atoms with E-state index in [1.807, 2.05) is 49.4 Å². The molecule has 1 fully saturated rings. The number of aryl methyl sites for hydroxylation is 1. The first kappa shape index (κ1) is 16.7. The number of hydrogen-bond donors (Lipinski definition) is 1. The van der Waals surface area contributed by atoms with Crippen LogP contribution >= 0.6 is 11.8 Å². The van der Waals surface area contributed by atoms with Crippen molar-refractivity contribution in [1.29, 1.82) is 0 Å². The predicted molar refractivity (Wildman–Crippen MR) is 111 cm³/mol. The van der Waals surface area contributed by atoms with Gasteiger partial charge in [0.05, 0.1) is 11.4 Å². The van der Waals surface area contributed by atoms with E-state index in [4.69, 9.17) is 0 Å². The number of nitrogens with zero attached hydrogens (tertiary/aromatic N) is 2. The second-order valence-electron chi connectivity index (χ2n) is 6.19. The zero-order valence-corrected chi connectivity index (χ0v) is 15.3. The topological polar surface area (TPSA) is 44.7 Å². The van der Waals surface area contributed by atoms with Crippen LogP contribution in [0.25, 0.3) is 10.8 Å². The summed E-state index contributed by atoms with van der Waals surface area (Å²) in [6.07, 6.45) is 0. The molecule has 1 amide bonds. The smallest absolute Gasteiger partial charge is 0.243 e. The Balaban J connectivity index is 1.49. The van der Waals surface area contributed by atoms with Gasteiger partial charge in [0.2, 0.25) is 5.91 Å². The number of carbonyl (C=O) groups excluding carboxylic acids is 1. The minimum Gasteiger partial charge on any atom is -0.366 e. The number of rotatable bonds is 4. The number of amides is 1. The lowest BCUT2D eigenvalue weighted by atomic mass is 10.1. The molecule has 0 radical (unpaired) electrons. The summed E-state index contributed by atoms with van der Waals surface area (Å²) in [5, 5.41) is 6.47. The van der Waals surface area contributed by atoms with Gasteiger partial charge in [-0.3, -0.25) is 9.69 Å². The first-order valence-electron chi connectivity index (χ1n) is 8.50. The van der Waals surface area contributed by atoms with Crippen LogP contribution < -0.4 is 10.2 Å². The number of thioether (sulfide) groups is 1. The number of carbonyl (C=O) groups is 1. The van der Waals surface area contributed by atoms with E-state index in [0.29, 0.717) is 12.4 Å². The van der Waals surface area contributed by atoms with Crippen molar-refractivity contribution >= 4 is 45.0 Å². The number of anilines is 2. The summed E-state index contributed by atoms with van der Waals surface area (Å²) in [6.45, 7) is 2.46. The molecule has 4 rings (SSSR count). The molecule has 26 heavy (non-hydrogen) atoms. The second kappa shape index (κ2) is 7.22. The number of nitrogens with one attached hydrogen (secondary N) is 1. The largest absolute Gasteiger partial charge is 0.366 e. The molecule has 1 saturated heterocycles. The molecule has 130 valence electrons. The Morgan fingerprint density at radius 2 is 1.81 bits per heavy atom. The maximum Gasteiger partial charge on any atom is 0.243 e. The van der Waals surface area contributed by atoms with Crippen molar-refractivity contribution in [2.75, 3.05) is 22.6 Å². The van der Waals surface area contributed by atoms with E-state index in [2.05, 4.69) is 34.6 Å². The van der Waals surface area contributed by atoms with Crippen molar-refractivity contribution in [2.45, 2.75) is 6.92 Å². The number of amidine groups is 1. The van der Waals surface area contributed by atoms with Gasteiger partial charge < -0.3 is 5.32 Å². The Hall–Kier alpha value is -2.79. The summed E-state index contributed by atoms with van der Waals surface area (Å²) in [7, 11) is 0. The molecule has 0 aromatic heterocycles. The monoisotopic (exact) mass is 361 g/mol. The molecular formula is C21H19N3OS. The lowest BCUT2D eigenvalue weighted by Gasteiger charge is -2.16. The molecule has 3 aromatic carbocycles. The summed E-state index contributed by atoms with van der Waals surface area (Å²) in [6, 6.07) is 22.5. The molecule has 0 unspecified atom stereocenters. The Bertz CT molecular complexity index is 982. The molecule has 0 spiro atoms. The fraction of sp³-hybridized carbons (Fsp3) is 0.143. The van der Waals surface area contributed by atoms with Gasteiger partial charge in [0.25, 0.3) is 0 Å². The molecule has 4 nitrogen and oxygen atoms in total. The quantitative estimate of drug-likeness (QED) is 0.735. The third-order valence-electron chi connectivity index (χ3n) is 4.30. The summed E-state index contributed by atoms with van der Waals surface area (Å²) >= 11 is 1.48. The first-order valence-corrected chi connectivity index (χ1v) is 9.49. The predicted octanol–water partition coefficient (Wildman–Crippen LogP) is 4.65. The standard InChI is InChI=1S/C21H19N3OS/c1-15-6-10-19(11-7-15)24-20(25)13-26-21(24)23-14-22-18-9-8-16-4-2-3-5-17(16)12-18/h2-12,22H,13-14H2,1H3/b23-21-. The summed E-state index contributed by atoms with van der Waals surface area (Å²) in [5.41, 5.74) is 3.06. The lowest BCUT2D eigenvalue weighted by Crippen LogP contribution is -2.29. The van der Waals surface area contributed by atoms with Crippen molar-refractivity contribution in [3.05, 3.63) is 72.3 Å². The van der Waals surface area contributed by atoms with Gasteiger partial charge in [-0.05, 0) is 42.0 Å². The zero-order chi connectivity index (χ0) is 17.9. The Kier molecular flexibility index (Phi) is 4.63. The lowest BCUT2D eigenvalue weighted by molar-refractivity contribution is -0.115. The van der Waals surface area contributed by atoms with E-state index in [-0.39, 0.29) is 5.91 Å². The number of aliphatic imine (C=N–C) groups is 1. The average molecular weight is 361 g/mol. The highest BCUT2D eigenvalue weighted by Gasteiger charge is 2.29. The van der Waals surface area contributed by atoms with Gasteiger partial charge in [0.15, 0.2) is 5.17 Å².